The van der Waals surface area contributed by atoms with Crippen molar-refractivity contribution in [1.82, 2.24) is 10.2 Å². The first-order valence-electron chi connectivity index (χ1n) is 7.48. The summed E-state index contributed by atoms with van der Waals surface area (Å²) in [6, 6.07) is 7.33. The number of nitrogens with one attached hydrogen (secondary N) is 1. The maximum Gasteiger partial charge on any atom is 0.410 e. The van der Waals surface area contributed by atoms with Gasteiger partial charge in [-0.25, -0.2) is 4.79 Å². The van der Waals surface area contributed by atoms with E-state index in [9.17, 15) is 9.59 Å². The minimum Gasteiger partial charge on any atom is -0.468 e. The van der Waals surface area contributed by atoms with E-state index in [1.165, 1.54) is 12.0 Å². The van der Waals surface area contributed by atoms with Crippen LogP contribution in [-0.4, -0.2) is 49.8 Å². The van der Waals surface area contributed by atoms with Crippen molar-refractivity contribution in [3.8, 4) is 0 Å². The van der Waals surface area contributed by atoms with Gasteiger partial charge in [-0.2, -0.15) is 0 Å². The Kier molecular flexibility index (Phi) is 5.76. The highest BCUT2D eigenvalue weighted by Gasteiger charge is 2.32. The first kappa shape index (κ1) is 17.0. The normalized spacial score (nSPS) is 19.9. The quantitative estimate of drug-likeness (QED) is 0.839. The average Bonchev–Trinajstić information content (AvgIpc) is 3.03. The lowest BCUT2D eigenvalue weighted by Gasteiger charge is -2.20. The Morgan fingerprint density at radius 2 is 2.17 bits per heavy atom. The smallest absolute Gasteiger partial charge is 0.410 e. The molecule has 0 aliphatic carbocycles. The van der Waals surface area contributed by atoms with Crippen LogP contribution in [0.5, 0.6) is 0 Å². The molecule has 2 rings (SSSR count). The molecule has 1 amide bonds. The summed E-state index contributed by atoms with van der Waals surface area (Å²) in [7, 11) is 3.02. The fraction of sp³-hybridized carbons (Fsp3) is 0.412. The zero-order valence-corrected chi connectivity index (χ0v) is 13.5. The summed E-state index contributed by atoms with van der Waals surface area (Å²) in [6.07, 6.45) is 1.44. The van der Waals surface area contributed by atoms with E-state index in [-0.39, 0.29) is 12.1 Å². The molecule has 23 heavy (non-hydrogen) atoms. The van der Waals surface area contributed by atoms with E-state index in [1.807, 2.05) is 24.3 Å². The lowest BCUT2D eigenvalue weighted by molar-refractivity contribution is -0.142. The molecule has 1 heterocycles. The number of carbonyl (C=O) groups is 2. The number of hydrogen-bond acceptors (Lipinski definition) is 5. The van der Waals surface area contributed by atoms with Gasteiger partial charge in [-0.1, -0.05) is 36.9 Å². The summed E-state index contributed by atoms with van der Waals surface area (Å²) in [5, 5.41) is 2.99. The molecule has 1 fully saturated rings. The second kappa shape index (κ2) is 7.78. The van der Waals surface area contributed by atoms with Gasteiger partial charge in [-0.05, 0) is 11.1 Å². The van der Waals surface area contributed by atoms with Gasteiger partial charge in [0.05, 0.1) is 7.11 Å². The topological polar surface area (TPSA) is 67.9 Å². The number of carbonyl (C=O) groups excluding carboxylic acids is 2. The SMILES string of the molecule is C=Cc1ccccc1CN(C)C(=O)O[C@H]1CN[C@H](C(=O)OC)C1. The molecule has 0 aromatic heterocycles. The van der Waals surface area contributed by atoms with Gasteiger partial charge in [0.25, 0.3) is 0 Å². The van der Waals surface area contributed by atoms with Crippen molar-refractivity contribution in [3.05, 3.63) is 42.0 Å². The van der Waals surface area contributed by atoms with Crippen molar-refractivity contribution in [2.45, 2.75) is 25.1 Å². The van der Waals surface area contributed by atoms with E-state index in [4.69, 9.17) is 4.74 Å². The van der Waals surface area contributed by atoms with Crippen LogP contribution in [0, 0.1) is 0 Å². The van der Waals surface area contributed by atoms with Crippen molar-refractivity contribution >= 4 is 18.1 Å². The van der Waals surface area contributed by atoms with Crippen LogP contribution in [0.2, 0.25) is 0 Å². The second-order valence-electron chi connectivity index (χ2n) is 5.48. The number of methoxy groups -OCH3 is 1. The predicted molar refractivity (Wildman–Crippen MR) is 86.7 cm³/mol. The Balaban J connectivity index is 1.88. The van der Waals surface area contributed by atoms with Crippen LogP contribution >= 0.6 is 0 Å². The van der Waals surface area contributed by atoms with Gasteiger partial charge in [-0.15, -0.1) is 0 Å². The van der Waals surface area contributed by atoms with Gasteiger partial charge in [0, 0.05) is 26.6 Å². The minimum absolute atomic E-state index is 0.330. The number of benzene rings is 1. The molecule has 1 aromatic rings. The maximum absolute atomic E-state index is 12.2. The molecular formula is C17H22N2O4. The van der Waals surface area contributed by atoms with Crippen molar-refractivity contribution in [2.24, 2.45) is 0 Å². The lowest BCUT2D eigenvalue weighted by atomic mass is 10.1. The number of hydrogen-bond donors (Lipinski definition) is 1. The molecule has 0 spiro atoms. The predicted octanol–water partition coefficient (Wildman–Crippen LogP) is 1.80. The van der Waals surface area contributed by atoms with Gasteiger partial charge < -0.3 is 19.7 Å². The molecule has 2 atom stereocenters. The molecule has 124 valence electrons. The number of esters is 1. The highest BCUT2D eigenvalue weighted by molar-refractivity contribution is 5.76. The number of nitrogens with zero attached hydrogens (tertiary/aromatic N) is 1. The third-order valence-electron chi connectivity index (χ3n) is 3.84. The van der Waals surface area contributed by atoms with Gasteiger partial charge >= 0.3 is 12.1 Å². The van der Waals surface area contributed by atoms with E-state index in [0.29, 0.717) is 19.5 Å². The first-order chi connectivity index (χ1) is 11.0. The van der Waals surface area contributed by atoms with Crippen LogP contribution in [0.1, 0.15) is 17.5 Å². The largest absolute Gasteiger partial charge is 0.468 e. The van der Waals surface area contributed by atoms with E-state index in [2.05, 4.69) is 16.6 Å². The van der Waals surface area contributed by atoms with Crippen LogP contribution < -0.4 is 5.32 Å². The highest BCUT2D eigenvalue weighted by atomic mass is 16.6. The van der Waals surface area contributed by atoms with Crippen LogP contribution in [0.3, 0.4) is 0 Å². The molecule has 1 aliphatic rings. The Morgan fingerprint density at radius 3 is 2.87 bits per heavy atom. The molecule has 6 heteroatoms. The fourth-order valence-corrected chi connectivity index (χ4v) is 2.54. The fourth-order valence-electron chi connectivity index (χ4n) is 2.54. The summed E-state index contributed by atoms with van der Waals surface area (Å²) in [5.74, 6) is -0.336. The highest BCUT2D eigenvalue weighted by Crippen LogP contribution is 2.15. The zero-order chi connectivity index (χ0) is 16.8. The van der Waals surface area contributed by atoms with Crippen molar-refractivity contribution < 1.29 is 19.1 Å². The summed E-state index contributed by atoms with van der Waals surface area (Å²) < 4.78 is 10.1. The van der Waals surface area contributed by atoms with Crippen LogP contribution in [0.25, 0.3) is 6.08 Å². The number of amides is 1. The standard InChI is InChI=1S/C17H22N2O4/c1-4-12-7-5-6-8-13(12)11-19(2)17(21)23-14-9-15(18-10-14)16(20)22-3/h4-8,14-15,18H,1,9-11H2,2-3H3/t14-,15+/m1/s1. The van der Waals surface area contributed by atoms with Crippen LogP contribution in [0.15, 0.2) is 30.8 Å². The third-order valence-corrected chi connectivity index (χ3v) is 3.84. The van der Waals surface area contributed by atoms with Gasteiger partial charge in [-0.3, -0.25) is 4.79 Å². The molecule has 1 N–H and O–H groups in total. The average molecular weight is 318 g/mol. The first-order valence-corrected chi connectivity index (χ1v) is 7.48. The molecule has 0 bridgehead atoms. The van der Waals surface area contributed by atoms with Gasteiger partial charge in [0.1, 0.15) is 12.1 Å². The summed E-state index contributed by atoms with van der Waals surface area (Å²) in [6.45, 7) is 4.65. The molecule has 1 aliphatic heterocycles. The van der Waals surface area contributed by atoms with E-state index in [0.717, 1.165) is 11.1 Å². The zero-order valence-electron chi connectivity index (χ0n) is 13.5. The van der Waals surface area contributed by atoms with E-state index < -0.39 is 12.1 Å². The second-order valence-corrected chi connectivity index (χ2v) is 5.48. The molecule has 1 aromatic carbocycles. The van der Waals surface area contributed by atoms with E-state index in [1.54, 1.807) is 13.1 Å². The minimum atomic E-state index is -0.416. The van der Waals surface area contributed by atoms with Gasteiger partial charge in [0.2, 0.25) is 0 Å². The Hall–Kier alpha value is -2.34. The van der Waals surface area contributed by atoms with Crippen LogP contribution in [-0.2, 0) is 20.8 Å². The lowest BCUT2D eigenvalue weighted by Crippen LogP contribution is -2.31. The summed E-state index contributed by atoms with van der Waals surface area (Å²) >= 11 is 0. The molecule has 0 saturated carbocycles. The Morgan fingerprint density at radius 1 is 1.43 bits per heavy atom. The monoisotopic (exact) mass is 318 g/mol. The Labute approximate surface area is 136 Å². The van der Waals surface area contributed by atoms with E-state index >= 15 is 0 Å². The molecule has 1 saturated heterocycles. The third kappa shape index (κ3) is 4.32. The number of rotatable bonds is 5. The van der Waals surface area contributed by atoms with Crippen LogP contribution in [0.4, 0.5) is 4.79 Å². The van der Waals surface area contributed by atoms with Crippen molar-refractivity contribution in [3.63, 3.8) is 0 Å². The van der Waals surface area contributed by atoms with Crippen molar-refractivity contribution in [1.29, 1.82) is 0 Å². The summed E-state index contributed by atoms with van der Waals surface area (Å²) in [4.78, 5) is 25.1. The number of ether oxygens (including phenoxy) is 2. The molecule has 0 radical (unpaired) electrons. The van der Waals surface area contributed by atoms with Gasteiger partial charge in [0.15, 0.2) is 0 Å². The molecule has 6 nitrogen and oxygen atoms in total. The molecule has 0 unspecified atom stereocenters. The molecular weight excluding hydrogens is 296 g/mol. The van der Waals surface area contributed by atoms with Crippen molar-refractivity contribution in [2.75, 3.05) is 20.7 Å². The summed E-state index contributed by atoms with van der Waals surface area (Å²) in [5.41, 5.74) is 1.99. The Bertz CT molecular complexity index is 588. The maximum atomic E-state index is 12.2.